The molecule has 33 heavy (non-hydrogen) atoms. The fourth-order valence-corrected chi connectivity index (χ4v) is 3.32. The minimum Gasteiger partial charge on any atom is -0.493 e. The number of rotatable bonds is 10. The first-order valence-corrected chi connectivity index (χ1v) is 10.5. The van der Waals surface area contributed by atoms with Crippen molar-refractivity contribution in [3.05, 3.63) is 59.3 Å². The molecule has 0 radical (unpaired) electrons. The molecular weight excluding hydrogens is 424 g/mol. The molecule has 10 nitrogen and oxygen atoms in total. The highest BCUT2D eigenvalue weighted by atomic mass is 16.5. The Kier molecular flexibility index (Phi) is 7.85. The van der Waals surface area contributed by atoms with E-state index in [2.05, 4.69) is 20.9 Å². The number of ether oxygens (including phenoxy) is 2. The molecule has 0 saturated heterocycles. The zero-order valence-corrected chi connectivity index (χ0v) is 18.9. The van der Waals surface area contributed by atoms with Gasteiger partial charge in [0, 0.05) is 12.2 Å². The van der Waals surface area contributed by atoms with Crippen LogP contribution in [0.4, 0.5) is 11.5 Å². The molecule has 0 saturated carbocycles. The zero-order chi connectivity index (χ0) is 23.8. The fourth-order valence-electron chi connectivity index (χ4n) is 3.32. The van der Waals surface area contributed by atoms with E-state index in [1.165, 1.54) is 4.68 Å². The van der Waals surface area contributed by atoms with E-state index in [0.29, 0.717) is 24.5 Å². The normalized spacial score (nSPS) is 10.5. The first kappa shape index (κ1) is 23.6. The number of benzene rings is 2. The molecule has 0 spiro atoms. The number of nitrogens with zero attached hydrogens (tertiary/aromatic N) is 3. The average molecular weight is 453 g/mol. The molecule has 0 unspecified atom stereocenters. The summed E-state index contributed by atoms with van der Waals surface area (Å²) in [5, 5.41) is 13.3. The van der Waals surface area contributed by atoms with Crippen molar-refractivity contribution in [1.29, 1.82) is 0 Å². The first-order valence-electron chi connectivity index (χ1n) is 10.5. The lowest BCUT2D eigenvalue weighted by molar-refractivity contribution is -0.116. The van der Waals surface area contributed by atoms with E-state index in [4.69, 9.17) is 15.2 Å². The van der Waals surface area contributed by atoms with Crippen LogP contribution in [0.3, 0.4) is 0 Å². The van der Waals surface area contributed by atoms with E-state index in [1.807, 2.05) is 49.4 Å². The summed E-state index contributed by atoms with van der Waals surface area (Å²) in [6.07, 6.45) is 1.36. The lowest BCUT2D eigenvalue weighted by Crippen LogP contribution is -2.27. The molecule has 2 amide bonds. The van der Waals surface area contributed by atoms with Gasteiger partial charge in [-0.3, -0.25) is 9.59 Å². The molecule has 10 heteroatoms. The number of anilines is 2. The van der Waals surface area contributed by atoms with Crippen LogP contribution in [-0.2, 0) is 24.2 Å². The molecule has 0 fully saturated rings. The third kappa shape index (κ3) is 5.79. The van der Waals surface area contributed by atoms with Gasteiger partial charge < -0.3 is 25.8 Å². The van der Waals surface area contributed by atoms with Crippen LogP contribution in [0, 0.1) is 0 Å². The number of nitrogens with two attached hydrogens (primary N) is 1. The summed E-state index contributed by atoms with van der Waals surface area (Å²) in [5.41, 5.74) is 8.72. The maximum absolute atomic E-state index is 12.5. The number of hydrogen-bond donors (Lipinski definition) is 3. The van der Waals surface area contributed by atoms with Crippen molar-refractivity contribution in [1.82, 2.24) is 20.3 Å². The molecule has 1 heterocycles. The quantitative estimate of drug-likeness (QED) is 0.429. The predicted molar refractivity (Wildman–Crippen MR) is 124 cm³/mol. The Morgan fingerprint density at radius 1 is 1.09 bits per heavy atom. The van der Waals surface area contributed by atoms with Crippen molar-refractivity contribution in [2.24, 2.45) is 0 Å². The standard InChI is InChI=1S/C23H28N6O4/c1-4-16-7-5-6-8-17(16)26-20(30)14-29-22(24)21(27-28-29)23(31)25-12-11-15-9-10-18(32-2)19(13-15)33-3/h5-10,13H,4,11-12,14,24H2,1-3H3,(H,25,31)(H,26,30). The first-order chi connectivity index (χ1) is 16.0. The van der Waals surface area contributed by atoms with Gasteiger partial charge in [-0.1, -0.05) is 36.4 Å². The van der Waals surface area contributed by atoms with Gasteiger partial charge in [0.25, 0.3) is 5.91 Å². The zero-order valence-electron chi connectivity index (χ0n) is 18.9. The second-order valence-electron chi connectivity index (χ2n) is 7.24. The maximum atomic E-state index is 12.5. The minimum atomic E-state index is -0.462. The van der Waals surface area contributed by atoms with Gasteiger partial charge in [0.05, 0.1) is 14.2 Å². The van der Waals surface area contributed by atoms with Crippen LogP contribution in [0.1, 0.15) is 28.5 Å². The number of hydrogen-bond acceptors (Lipinski definition) is 7. The summed E-state index contributed by atoms with van der Waals surface area (Å²) in [4.78, 5) is 24.9. The highest BCUT2D eigenvalue weighted by Crippen LogP contribution is 2.27. The number of aromatic nitrogens is 3. The Balaban J connectivity index is 1.56. The number of methoxy groups -OCH3 is 2. The summed E-state index contributed by atoms with van der Waals surface area (Å²) < 4.78 is 11.7. The number of para-hydroxylation sites is 1. The minimum absolute atomic E-state index is 0.0240. The molecule has 0 aliphatic rings. The van der Waals surface area contributed by atoms with Gasteiger partial charge in [-0.05, 0) is 42.2 Å². The summed E-state index contributed by atoms with van der Waals surface area (Å²) in [5.74, 6) is 0.506. The van der Waals surface area contributed by atoms with Crippen molar-refractivity contribution in [3.8, 4) is 11.5 Å². The second-order valence-corrected chi connectivity index (χ2v) is 7.24. The van der Waals surface area contributed by atoms with Gasteiger partial charge in [0.2, 0.25) is 5.91 Å². The van der Waals surface area contributed by atoms with E-state index in [1.54, 1.807) is 14.2 Å². The summed E-state index contributed by atoms with van der Waals surface area (Å²) in [6, 6.07) is 13.1. The molecule has 1 aromatic heterocycles. The van der Waals surface area contributed by atoms with Crippen LogP contribution in [0.5, 0.6) is 11.5 Å². The van der Waals surface area contributed by atoms with Gasteiger partial charge in [0.1, 0.15) is 6.54 Å². The van der Waals surface area contributed by atoms with E-state index < -0.39 is 5.91 Å². The number of nitrogen functional groups attached to an aromatic ring is 1. The molecular formula is C23H28N6O4. The summed E-state index contributed by atoms with van der Waals surface area (Å²) in [7, 11) is 3.14. The van der Waals surface area contributed by atoms with Crippen LogP contribution in [0.15, 0.2) is 42.5 Å². The van der Waals surface area contributed by atoms with Crippen LogP contribution in [0.2, 0.25) is 0 Å². The Labute approximate surface area is 192 Å². The van der Waals surface area contributed by atoms with E-state index in [9.17, 15) is 9.59 Å². The smallest absolute Gasteiger partial charge is 0.275 e. The van der Waals surface area contributed by atoms with Crippen molar-refractivity contribution < 1.29 is 19.1 Å². The lowest BCUT2D eigenvalue weighted by atomic mass is 10.1. The number of aryl methyl sites for hydroxylation is 1. The van der Waals surface area contributed by atoms with Crippen molar-refractivity contribution in [3.63, 3.8) is 0 Å². The third-order valence-corrected chi connectivity index (χ3v) is 5.10. The van der Waals surface area contributed by atoms with Gasteiger partial charge in [-0.15, -0.1) is 5.10 Å². The monoisotopic (exact) mass is 452 g/mol. The van der Waals surface area contributed by atoms with Gasteiger partial charge in [0.15, 0.2) is 23.0 Å². The van der Waals surface area contributed by atoms with Crippen LogP contribution >= 0.6 is 0 Å². The van der Waals surface area contributed by atoms with Crippen molar-refractivity contribution in [2.75, 3.05) is 31.8 Å². The Morgan fingerprint density at radius 3 is 2.58 bits per heavy atom. The van der Waals surface area contributed by atoms with Gasteiger partial charge in [-0.2, -0.15) is 0 Å². The fraction of sp³-hybridized carbons (Fsp3) is 0.304. The average Bonchev–Trinajstić information content (AvgIpc) is 3.18. The SMILES string of the molecule is CCc1ccccc1NC(=O)Cn1nnc(C(=O)NCCc2ccc(OC)c(OC)c2)c1N. The largest absolute Gasteiger partial charge is 0.493 e. The Hall–Kier alpha value is -4.08. The maximum Gasteiger partial charge on any atom is 0.275 e. The lowest BCUT2D eigenvalue weighted by Gasteiger charge is -2.10. The van der Waals surface area contributed by atoms with Gasteiger partial charge in [-0.25, -0.2) is 4.68 Å². The number of carbonyl (C=O) groups excluding carboxylic acids is 2. The van der Waals surface area contributed by atoms with Gasteiger partial charge >= 0.3 is 0 Å². The Bertz CT molecular complexity index is 1130. The second kappa shape index (κ2) is 11.0. The molecule has 0 atom stereocenters. The molecule has 0 aliphatic heterocycles. The molecule has 174 valence electrons. The van der Waals surface area contributed by atoms with E-state index >= 15 is 0 Å². The molecule has 0 aliphatic carbocycles. The third-order valence-electron chi connectivity index (χ3n) is 5.10. The molecule has 4 N–H and O–H groups in total. The molecule has 3 aromatic rings. The molecule has 3 rings (SSSR count). The number of carbonyl (C=O) groups is 2. The van der Waals surface area contributed by atoms with Crippen molar-refractivity contribution >= 4 is 23.3 Å². The number of amides is 2. The van der Waals surface area contributed by atoms with Crippen LogP contribution in [-0.4, -0.2) is 47.6 Å². The Morgan fingerprint density at radius 2 is 1.85 bits per heavy atom. The summed E-state index contributed by atoms with van der Waals surface area (Å²) >= 11 is 0. The van der Waals surface area contributed by atoms with Crippen LogP contribution < -0.4 is 25.8 Å². The highest BCUT2D eigenvalue weighted by molar-refractivity contribution is 5.97. The van der Waals surface area contributed by atoms with E-state index in [-0.39, 0.29) is 24.0 Å². The predicted octanol–water partition coefficient (Wildman–Crippen LogP) is 2.05. The van der Waals surface area contributed by atoms with Crippen molar-refractivity contribution in [2.45, 2.75) is 26.3 Å². The van der Waals surface area contributed by atoms with E-state index in [0.717, 1.165) is 23.2 Å². The van der Waals surface area contributed by atoms with Crippen LogP contribution in [0.25, 0.3) is 0 Å². The highest BCUT2D eigenvalue weighted by Gasteiger charge is 2.19. The topological polar surface area (TPSA) is 133 Å². The number of nitrogens with one attached hydrogen (secondary N) is 2. The molecule has 2 aromatic carbocycles. The molecule has 0 bridgehead atoms. The summed E-state index contributed by atoms with van der Waals surface area (Å²) in [6.45, 7) is 2.21.